The summed E-state index contributed by atoms with van der Waals surface area (Å²) >= 11 is 0. The molecule has 0 spiro atoms. The van der Waals surface area contributed by atoms with Crippen LogP contribution in [-0.2, 0) is 10.8 Å². The predicted molar refractivity (Wildman–Crippen MR) is 239 cm³/mol. The SMILES string of the molecule is C#CC1=C(/C=C\C)B2c3cc(C(C)(C)C)ccc3N(c3ccc(C(C)(C)C)cc3)c3cc(C)cc(c32)N1c1c(C2=CC=CCC2)cccc1-c1ccccc1. The first kappa shape index (κ1) is 36.3. The maximum Gasteiger partial charge on any atom is 0.253 e. The third kappa shape index (κ3) is 6.29. The largest absolute Gasteiger partial charge is 0.311 e. The molecule has 272 valence electrons. The molecule has 0 bridgehead atoms. The van der Waals surface area contributed by atoms with Crippen molar-refractivity contribution >= 4 is 51.6 Å². The van der Waals surface area contributed by atoms with E-state index in [0.29, 0.717) is 0 Å². The third-order valence-corrected chi connectivity index (χ3v) is 11.5. The van der Waals surface area contributed by atoms with Crippen LogP contribution in [0.5, 0.6) is 0 Å². The van der Waals surface area contributed by atoms with E-state index in [4.69, 9.17) is 6.42 Å². The third-order valence-electron chi connectivity index (χ3n) is 11.5. The van der Waals surface area contributed by atoms with Crippen molar-refractivity contribution < 1.29 is 0 Å². The Bertz CT molecular complexity index is 2470. The van der Waals surface area contributed by atoms with E-state index >= 15 is 0 Å². The molecule has 0 saturated heterocycles. The van der Waals surface area contributed by atoms with Crippen molar-refractivity contribution in [2.24, 2.45) is 0 Å². The Morgan fingerprint density at radius 1 is 0.727 bits per heavy atom. The molecule has 0 radical (unpaired) electrons. The zero-order chi connectivity index (χ0) is 38.6. The summed E-state index contributed by atoms with van der Waals surface area (Å²) in [5, 5.41) is 0. The zero-order valence-electron chi connectivity index (χ0n) is 33.7. The Morgan fingerprint density at radius 3 is 2.04 bits per heavy atom. The Morgan fingerprint density at radius 2 is 1.40 bits per heavy atom. The fourth-order valence-corrected chi connectivity index (χ4v) is 8.72. The second-order valence-corrected chi connectivity index (χ2v) is 17.3. The number of hydrogen-bond acceptors (Lipinski definition) is 2. The number of allylic oxidation sites excluding steroid dienone is 8. The molecule has 0 unspecified atom stereocenters. The van der Waals surface area contributed by atoms with Crippen LogP contribution in [0, 0.1) is 19.3 Å². The molecule has 2 aliphatic heterocycles. The van der Waals surface area contributed by atoms with E-state index in [1.165, 1.54) is 55.7 Å². The summed E-state index contributed by atoms with van der Waals surface area (Å²) in [6.45, 7) is 18.0. The Labute approximate surface area is 329 Å². The maximum absolute atomic E-state index is 6.80. The Balaban J connectivity index is 1.50. The molecular weight excluding hydrogens is 663 g/mol. The van der Waals surface area contributed by atoms with Crippen LogP contribution in [0.1, 0.15) is 83.6 Å². The first-order chi connectivity index (χ1) is 26.4. The molecule has 0 amide bonds. The van der Waals surface area contributed by atoms with Gasteiger partial charge in [-0.2, -0.15) is 0 Å². The summed E-state index contributed by atoms with van der Waals surface area (Å²) < 4.78 is 0. The molecule has 5 aromatic carbocycles. The highest BCUT2D eigenvalue weighted by Gasteiger charge is 2.45. The van der Waals surface area contributed by atoms with Gasteiger partial charge in [0.2, 0.25) is 0 Å². The molecule has 0 saturated carbocycles. The summed E-state index contributed by atoms with van der Waals surface area (Å²) in [6.07, 6.45) is 20.0. The van der Waals surface area contributed by atoms with Gasteiger partial charge in [-0.05, 0) is 112 Å². The van der Waals surface area contributed by atoms with Gasteiger partial charge < -0.3 is 9.80 Å². The summed E-state index contributed by atoms with van der Waals surface area (Å²) in [5.74, 6) is 3.31. The van der Waals surface area contributed by atoms with E-state index < -0.39 is 0 Å². The minimum atomic E-state index is -0.0596. The van der Waals surface area contributed by atoms with Gasteiger partial charge in [-0.1, -0.05) is 151 Å². The monoisotopic (exact) mass is 714 g/mol. The van der Waals surface area contributed by atoms with Gasteiger partial charge in [-0.15, -0.1) is 6.42 Å². The van der Waals surface area contributed by atoms with E-state index in [-0.39, 0.29) is 17.5 Å². The van der Waals surface area contributed by atoms with Crippen LogP contribution >= 0.6 is 0 Å². The van der Waals surface area contributed by atoms with Gasteiger partial charge in [0.05, 0.1) is 11.4 Å². The van der Waals surface area contributed by atoms with Crippen LogP contribution in [0.4, 0.5) is 28.4 Å². The lowest BCUT2D eigenvalue weighted by Crippen LogP contribution is -2.56. The van der Waals surface area contributed by atoms with Gasteiger partial charge in [-0.3, -0.25) is 0 Å². The van der Waals surface area contributed by atoms with E-state index in [1.807, 2.05) is 0 Å². The van der Waals surface area contributed by atoms with E-state index in [0.717, 1.165) is 46.6 Å². The van der Waals surface area contributed by atoms with Crippen LogP contribution in [0.2, 0.25) is 0 Å². The molecule has 55 heavy (non-hydrogen) atoms. The molecule has 0 atom stereocenters. The number of rotatable bonds is 5. The smallest absolute Gasteiger partial charge is 0.253 e. The van der Waals surface area contributed by atoms with Crippen LogP contribution < -0.4 is 20.7 Å². The quantitative estimate of drug-likeness (QED) is 0.132. The topological polar surface area (TPSA) is 6.48 Å². The Kier molecular flexibility index (Phi) is 9.13. The molecule has 0 N–H and O–H groups in total. The molecule has 2 nitrogen and oxygen atoms in total. The van der Waals surface area contributed by atoms with Crippen molar-refractivity contribution in [2.75, 3.05) is 9.80 Å². The number of nitrogens with zero attached hydrogens (tertiary/aromatic N) is 2. The zero-order valence-corrected chi connectivity index (χ0v) is 33.7. The van der Waals surface area contributed by atoms with Crippen molar-refractivity contribution in [1.82, 2.24) is 0 Å². The Hall–Kier alpha value is -5.72. The minimum absolute atomic E-state index is 0.0313. The first-order valence-electron chi connectivity index (χ1n) is 19.8. The van der Waals surface area contributed by atoms with Gasteiger partial charge >= 0.3 is 0 Å². The van der Waals surface area contributed by atoms with Crippen molar-refractivity contribution in [1.29, 1.82) is 0 Å². The summed E-state index contributed by atoms with van der Waals surface area (Å²) in [6, 6.07) is 38.6. The van der Waals surface area contributed by atoms with Crippen LogP contribution in [0.25, 0.3) is 16.7 Å². The number of terminal acetylenes is 1. The van der Waals surface area contributed by atoms with Gasteiger partial charge in [0, 0.05) is 33.9 Å². The number of hydrogen-bond donors (Lipinski definition) is 0. The van der Waals surface area contributed by atoms with Crippen LogP contribution in [0.3, 0.4) is 0 Å². The van der Waals surface area contributed by atoms with Crippen molar-refractivity contribution in [3.05, 3.63) is 167 Å². The second-order valence-electron chi connectivity index (χ2n) is 17.3. The van der Waals surface area contributed by atoms with E-state index in [9.17, 15) is 0 Å². The van der Waals surface area contributed by atoms with Gasteiger partial charge in [0.25, 0.3) is 6.71 Å². The minimum Gasteiger partial charge on any atom is -0.311 e. The van der Waals surface area contributed by atoms with Crippen molar-refractivity contribution in [3.8, 4) is 23.5 Å². The lowest BCUT2D eigenvalue weighted by molar-refractivity contribution is 0.590. The molecule has 1 aliphatic carbocycles. The lowest BCUT2D eigenvalue weighted by atomic mass is 9.32. The molecule has 3 heteroatoms. The molecule has 0 aromatic heterocycles. The summed E-state index contributed by atoms with van der Waals surface area (Å²) in [5.41, 5.74) is 19.1. The predicted octanol–water partition coefficient (Wildman–Crippen LogP) is 12.5. The fourth-order valence-electron chi connectivity index (χ4n) is 8.72. The normalized spacial score (nSPS) is 15.3. The van der Waals surface area contributed by atoms with Gasteiger partial charge in [0.1, 0.15) is 0 Å². The average molecular weight is 715 g/mol. The van der Waals surface area contributed by atoms with Crippen molar-refractivity contribution in [2.45, 2.75) is 79.1 Å². The highest BCUT2D eigenvalue weighted by Crippen LogP contribution is 2.50. The number of fused-ring (bicyclic) bond motifs is 2. The molecule has 8 rings (SSSR count). The number of benzene rings is 5. The standard InChI is InChI=1S/C52H51BN2/c1-10-19-43-45(11-2)55(50-41(36-20-14-12-15-21-36)24-18-25-42(50)37-22-16-13-17-23-37)48-33-35(3)32-47-49(48)53(43)44-34-39(52(7,8)9)28-31-46(44)54(47)40-29-26-38(27-30-40)51(4,5)6/h2,10,12-16,18-22,24-34H,17,23H2,1,3-9H3/b19-10-. The molecule has 5 aromatic rings. The highest BCUT2D eigenvalue weighted by atomic mass is 15.2. The fraction of sp³-hybridized carbons (Fsp3) is 0.231. The highest BCUT2D eigenvalue weighted by molar-refractivity contribution is 6.95. The van der Waals surface area contributed by atoms with Crippen LogP contribution in [0.15, 0.2) is 145 Å². The number of aryl methyl sites for hydroxylation is 1. The van der Waals surface area contributed by atoms with E-state index in [2.05, 4.69) is 205 Å². The average Bonchev–Trinajstić information content (AvgIpc) is 3.18. The number of anilines is 5. The maximum atomic E-state index is 6.80. The molecule has 0 fully saturated rings. The molecule has 3 aliphatic rings. The van der Waals surface area contributed by atoms with Crippen LogP contribution in [-0.4, -0.2) is 6.71 Å². The molecule has 2 heterocycles. The summed E-state index contributed by atoms with van der Waals surface area (Å²) in [4.78, 5) is 4.94. The second kappa shape index (κ2) is 13.9. The summed E-state index contributed by atoms with van der Waals surface area (Å²) in [7, 11) is 0. The molecular formula is C52H51BN2. The van der Waals surface area contributed by atoms with Crippen molar-refractivity contribution in [3.63, 3.8) is 0 Å². The number of para-hydroxylation sites is 1. The first-order valence-corrected chi connectivity index (χ1v) is 19.8. The van der Waals surface area contributed by atoms with Gasteiger partial charge in [-0.25, -0.2) is 0 Å². The van der Waals surface area contributed by atoms with E-state index in [1.54, 1.807) is 0 Å². The van der Waals surface area contributed by atoms with Gasteiger partial charge in [0.15, 0.2) is 0 Å². The lowest BCUT2D eigenvalue weighted by Gasteiger charge is -2.45.